The summed E-state index contributed by atoms with van der Waals surface area (Å²) in [7, 11) is 0. The van der Waals surface area contributed by atoms with Gasteiger partial charge in [-0.25, -0.2) is 4.98 Å². The van der Waals surface area contributed by atoms with Crippen LogP contribution in [0.2, 0.25) is 0 Å². The Morgan fingerprint density at radius 3 is 3.21 bits per heavy atom. The molecule has 1 aromatic rings. The Morgan fingerprint density at radius 2 is 2.57 bits per heavy atom. The molecule has 4 heteroatoms. The second-order valence-corrected chi connectivity index (χ2v) is 6.12. The largest absolute Gasteiger partial charge is 0.244 e. The van der Waals surface area contributed by atoms with E-state index in [0.29, 0.717) is 6.42 Å². The zero-order valence-electron chi connectivity index (χ0n) is 8.12. The van der Waals surface area contributed by atoms with Crippen molar-refractivity contribution in [1.82, 2.24) is 4.98 Å². The summed E-state index contributed by atoms with van der Waals surface area (Å²) in [5.41, 5.74) is 0.932. The summed E-state index contributed by atoms with van der Waals surface area (Å²) in [5, 5.41) is 11.8. The maximum absolute atomic E-state index is 8.57. The third kappa shape index (κ3) is 1.79. The Balaban J connectivity index is 2.20. The van der Waals surface area contributed by atoms with E-state index in [1.165, 1.54) is 23.6 Å². The second-order valence-electron chi connectivity index (χ2n) is 3.66. The van der Waals surface area contributed by atoms with Crippen LogP contribution in [0, 0.1) is 11.3 Å². The summed E-state index contributed by atoms with van der Waals surface area (Å²) in [4.78, 5) is 4.53. The first-order valence-electron chi connectivity index (χ1n) is 4.70. The van der Waals surface area contributed by atoms with E-state index in [1.54, 1.807) is 11.3 Å². The Morgan fingerprint density at radius 1 is 1.71 bits per heavy atom. The molecule has 0 aromatic carbocycles. The van der Waals surface area contributed by atoms with E-state index in [1.807, 2.05) is 17.1 Å². The highest BCUT2D eigenvalue weighted by Crippen LogP contribution is 2.47. The lowest BCUT2D eigenvalue weighted by molar-refractivity contribution is 0.640. The van der Waals surface area contributed by atoms with Crippen LogP contribution in [0.3, 0.4) is 0 Å². The van der Waals surface area contributed by atoms with Gasteiger partial charge in [0.15, 0.2) is 0 Å². The minimum Gasteiger partial charge on any atom is -0.244 e. The topological polar surface area (TPSA) is 36.7 Å². The number of nitrogens with zero attached hydrogens (tertiary/aromatic N) is 2. The predicted molar refractivity (Wildman–Crippen MR) is 60.5 cm³/mol. The van der Waals surface area contributed by atoms with E-state index in [4.69, 9.17) is 5.26 Å². The number of hydrogen-bond acceptors (Lipinski definition) is 4. The number of aromatic nitrogens is 1. The molecule has 0 aliphatic carbocycles. The molecule has 74 valence electrons. The molecule has 1 aromatic heterocycles. The summed E-state index contributed by atoms with van der Waals surface area (Å²) in [6.07, 6.45) is 2.95. The molecule has 2 nitrogen and oxygen atoms in total. The minimum atomic E-state index is 0.221. The van der Waals surface area contributed by atoms with Gasteiger partial charge in [0.25, 0.3) is 0 Å². The second kappa shape index (κ2) is 3.92. The molecule has 1 aliphatic heterocycles. The van der Waals surface area contributed by atoms with Gasteiger partial charge in [0.2, 0.25) is 0 Å². The van der Waals surface area contributed by atoms with Crippen molar-refractivity contribution >= 4 is 23.1 Å². The molecule has 2 rings (SSSR count). The van der Waals surface area contributed by atoms with E-state index >= 15 is 0 Å². The molecular weight excluding hydrogens is 212 g/mol. The Bertz CT molecular complexity index is 358. The molecule has 1 aliphatic rings. The smallest absolute Gasteiger partial charge is 0.109 e. The average Bonchev–Trinajstić information content (AvgIpc) is 2.75. The maximum atomic E-state index is 8.57. The summed E-state index contributed by atoms with van der Waals surface area (Å²) in [6.45, 7) is 2.26. The van der Waals surface area contributed by atoms with Crippen LogP contribution < -0.4 is 0 Å². The first-order chi connectivity index (χ1) is 6.74. The van der Waals surface area contributed by atoms with Crippen molar-refractivity contribution in [1.29, 1.82) is 5.26 Å². The molecule has 0 N–H and O–H groups in total. The molecule has 0 amide bonds. The van der Waals surface area contributed by atoms with Crippen molar-refractivity contribution in [3.8, 4) is 6.07 Å². The molecule has 1 fully saturated rings. The summed E-state index contributed by atoms with van der Waals surface area (Å²) < 4.78 is 0.221. The van der Waals surface area contributed by atoms with Crippen molar-refractivity contribution in [3.05, 3.63) is 16.1 Å². The quantitative estimate of drug-likeness (QED) is 0.775. The molecule has 1 atom stereocenters. The standard InChI is InChI=1S/C10H12N2S2/c1-10(4-2-6-14-10)9-12-8(3-5-11)7-13-9/h7H,2-4,6H2,1H3. The van der Waals surface area contributed by atoms with Crippen molar-refractivity contribution in [2.45, 2.75) is 30.9 Å². The SMILES string of the molecule is CC1(c2nc(CC#N)cs2)CCCS1. The highest BCUT2D eigenvalue weighted by molar-refractivity contribution is 8.00. The highest BCUT2D eigenvalue weighted by Gasteiger charge is 2.34. The molecular formula is C10H12N2S2. The molecule has 14 heavy (non-hydrogen) atoms. The third-order valence-corrected chi connectivity index (χ3v) is 5.29. The van der Waals surface area contributed by atoms with Crippen LogP contribution >= 0.6 is 23.1 Å². The Labute approximate surface area is 92.4 Å². The van der Waals surface area contributed by atoms with Gasteiger partial charge in [0.1, 0.15) is 5.01 Å². The van der Waals surface area contributed by atoms with Gasteiger partial charge < -0.3 is 0 Å². The summed E-state index contributed by atoms with van der Waals surface area (Å²) in [6, 6.07) is 2.14. The van der Waals surface area contributed by atoms with Gasteiger partial charge in [-0.1, -0.05) is 0 Å². The lowest BCUT2D eigenvalue weighted by Crippen LogP contribution is -2.12. The van der Waals surface area contributed by atoms with Crippen molar-refractivity contribution in [2.75, 3.05) is 5.75 Å². The van der Waals surface area contributed by atoms with Crippen LogP contribution in [0.4, 0.5) is 0 Å². The molecule has 1 saturated heterocycles. The van der Waals surface area contributed by atoms with Gasteiger partial charge in [0.05, 0.1) is 22.9 Å². The van der Waals surface area contributed by atoms with E-state index in [0.717, 1.165) is 5.69 Å². The van der Waals surface area contributed by atoms with Gasteiger partial charge in [0, 0.05) is 5.38 Å². The fourth-order valence-electron chi connectivity index (χ4n) is 1.66. The average molecular weight is 224 g/mol. The van der Waals surface area contributed by atoms with Gasteiger partial charge >= 0.3 is 0 Å². The van der Waals surface area contributed by atoms with Crippen LogP contribution in [0.1, 0.15) is 30.5 Å². The zero-order valence-corrected chi connectivity index (χ0v) is 9.75. The number of rotatable bonds is 2. The van der Waals surface area contributed by atoms with Gasteiger partial charge in [-0.2, -0.15) is 5.26 Å². The van der Waals surface area contributed by atoms with Crippen LogP contribution in [0.5, 0.6) is 0 Å². The molecule has 0 bridgehead atoms. The fraction of sp³-hybridized carbons (Fsp3) is 0.600. The van der Waals surface area contributed by atoms with Gasteiger partial charge in [-0.3, -0.25) is 0 Å². The molecule has 2 heterocycles. The van der Waals surface area contributed by atoms with Crippen LogP contribution in [0.25, 0.3) is 0 Å². The van der Waals surface area contributed by atoms with Crippen LogP contribution in [0.15, 0.2) is 5.38 Å². The number of hydrogen-bond donors (Lipinski definition) is 0. The first-order valence-corrected chi connectivity index (χ1v) is 6.57. The van der Waals surface area contributed by atoms with Crippen molar-refractivity contribution in [2.24, 2.45) is 0 Å². The first kappa shape index (κ1) is 10.0. The maximum Gasteiger partial charge on any atom is 0.109 e. The molecule has 0 spiro atoms. The fourth-order valence-corrected chi connectivity index (χ4v) is 4.08. The van der Waals surface area contributed by atoms with Gasteiger partial charge in [-0.15, -0.1) is 23.1 Å². The predicted octanol–water partition coefficient (Wildman–Crippen LogP) is 2.95. The summed E-state index contributed by atoms with van der Waals surface area (Å²) >= 11 is 3.70. The Hall–Kier alpha value is -0.530. The van der Waals surface area contributed by atoms with Gasteiger partial charge in [-0.05, 0) is 25.5 Å². The number of thiazole rings is 1. The monoisotopic (exact) mass is 224 g/mol. The summed E-state index contributed by atoms with van der Waals surface area (Å²) in [5.74, 6) is 1.24. The van der Waals surface area contributed by atoms with E-state index in [9.17, 15) is 0 Å². The van der Waals surface area contributed by atoms with E-state index in [2.05, 4.69) is 18.0 Å². The van der Waals surface area contributed by atoms with Crippen LogP contribution in [-0.4, -0.2) is 10.7 Å². The lowest BCUT2D eigenvalue weighted by Gasteiger charge is -2.18. The Kier molecular flexibility index (Phi) is 2.80. The normalized spacial score (nSPS) is 26.3. The zero-order chi connectivity index (χ0) is 10.0. The third-order valence-electron chi connectivity index (χ3n) is 2.48. The number of nitriles is 1. The van der Waals surface area contributed by atoms with Crippen molar-refractivity contribution in [3.63, 3.8) is 0 Å². The molecule has 1 unspecified atom stereocenters. The molecule has 0 radical (unpaired) electrons. The number of thioether (sulfide) groups is 1. The van der Waals surface area contributed by atoms with E-state index < -0.39 is 0 Å². The van der Waals surface area contributed by atoms with Crippen LogP contribution in [-0.2, 0) is 11.2 Å². The van der Waals surface area contributed by atoms with E-state index in [-0.39, 0.29) is 4.75 Å². The molecule has 0 saturated carbocycles. The minimum absolute atomic E-state index is 0.221. The highest BCUT2D eigenvalue weighted by atomic mass is 32.2. The lowest BCUT2D eigenvalue weighted by atomic mass is 10.1. The van der Waals surface area contributed by atoms with Crippen molar-refractivity contribution < 1.29 is 0 Å².